The van der Waals surface area contributed by atoms with Gasteiger partial charge in [0.25, 0.3) is 0 Å². The highest BCUT2D eigenvalue weighted by Crippen LogP contribution is 2.37. The molecule has 0 fully saturated rings. The fourth-order valence-electron chi connectivity index (χ4n) is 3.50. The van der Waals surface area contributed by atoms with E-state index in [4.69, 9.17) is 4.42 Å². The van der Waals surface area contributed by atoms with Crippen LogP contribution in [-0.4, -0.2) is 21.2 Å². The van der Waals surface area contributed by atoms with Crippen LogP contribution in [0.5, 0.6) is 0 Å². The second-order valence-electron chi connectivity index (χ2n) is 7.90. The van der Waals surface area contributed by atoms with Gasteiger partial charge in [0.15, 0.2) is 0 Å². The number of rotatable bonds is 8. The van der Waals surface area contributed by atoms with Gasteiger partial charge in [-0.15, -0.1) is 0 Å². The summed E-state index contributed by atoms with van der Waals surface area (Å²) in [6, 6.07) is 26.9. The minimum atomic E-state index is -4.51. The van der Waals surface area contributed by atoms with Crippen molar-refractivity contribution < 1.29 is 17.6 Å². The van der Waals surface area contributed by atoms with Crippen molar-refractivity contribution in [3.8, 4) is 11.3 Å². The topological polar surface area (TPSA) is 100 Å². The molecule has 38 heavy (non-hydrogen) atoms. The van der Waals surface area contributed by atoms with Crippen molar-refractivity contribution in [3.63, 3.8) is 0 Å². The average Bonchev–Trinajstić information content (AvgIpc) is 3.38. The van der Waals surface area contributed by atoms with E-state index in [0.717, 1.165) is 17.4 Å². The van der Waals surface area contributed by atoms with E-state index >= 15 is 0 Å². The second-order valence-corrected chi connectivity index (χ2v) is 7.90. The number of hydrogen-bond acceptors (Lipinski definition) is 8. The Bertz CT molecular complexity index is 1480. The maximum absolute atomic E-state index is 13.4. The number of furan rings is 1. The number of benzene rings is 3. The van der Waals surface area contributed by atoms with Crippen LogP contribution in [0.4, 0.5) is 42.4 Å². The highest BCUT2D eigenvalue weighted by molar-refractivity contribution is 5.78. The van der Waals surface area contributed by atoms with Crippen molar-refractivity contribution in [2.24, 2.45) is 5.10 Å². The minimum Gasteiger partial charge on any atom is -0.455 e. The number of anilines is 5. The lowest BCUT2D eigenvalue weighted by Crippen LogP contribution is -2.07. The van der Waals surface area contributed by atoms with E-state index in [2.05, 4.69) is 36.1 Å². The van der Waals surface area contributed by atoms with Gasteiger partial charge in [-0.25, -0.2) is 5.43 Å². The molecule has 11 heteroatoms. The summed E-state index contributed by atoms with van der Waals surface area (Å²) in [5, 5.41) is 10.3. The lowest BCUT2D eigenvalue weighted by Gasteiger charge is -2.10. The molecular weight excluding hydrogens is 495 g/mol. The highest BCUT2D eigenvalue weighted by Gasteiger charge is 2.34. The molecule has 0 bridgehead atoms. The summed E-state index contributed by atoms with van der Waals surface area (Å²) < 4.78 is 45.7. The van der Waals surface area contributed by atoms with E-state index in [9.17, 15) is 13.2 Å². The molecule has 0 aliphatic carbocycles. The van der Waals surface area contributed by atoms with Gasteiger partial charge in [-0.2, -0.15) is 33.2 Å². The third-order valence-electron chi connectivity index (χ3n) is 5.18. The summed E-state index contributed by atoms with van der Waals surface area (Å²) in [6.07, 6.45) is -3.19. The summed E-state index contributed by atoms with van der Waals surface area (Å²) in [4.78, 5) is 13.1. The molecule has 0 aliphatic heterocycles. The molecule has 3 N–H and O–H groups in total. The molecule has 0 saturated carbocycles. The molecule has 190 valence electrons. The van der Waals surface area contributed by atoms with Crippen LogP contribution in [0.1, 0.15) is 11.3 Å². The molecule has 0 saturated heterocycles. The van der Waals surface area contributed by atoms with Crippen LogP contribution in [0.25, 0.3) is 11.3 Å². The van der Waals surface area contributed by atoms with E-state index < -0.39 is 11.7 Å². The first-order chi connectivity index (χ1) is 18.4. The van der Waals surface area contributed by atoms with Crippen LogP contribution in [-0.2, 0) is 6.18 Å². The first-order valence-electron chi connectivity index (χ1n) is 11.4. The molecule has 0 amide bonds. The third kappa shape index (κ3) is 6.13. The first kappa shape index (κ1) is 24.5. The van der Waals surface area contributed by atoms with Gasteiger partial charge in [-0.05, 0) is 42.5 Å². The van der Waals surface area contributed by atoms with Gasteiger partial charge in [0.1, 0.15) is 11.5 Å². The van der Waals surface area contributed by atoms with Gasteiger partial charge in [-0.1, -0.05) is 54.6 Å². The van der Waals surface area contributed by atoms with Gasteiger partial charge < -0.3 is 15.1 Å². The Balaban J connectivity index is 1.36. The Hall–Kier alpha value is -5.19. The van der Waals surface area contributed by atoms with Gasteiger partial charge in [0.05, 0.1) is 11.8 Å². The van der Waals surface area contributed by atoms with E-state index in [1.165, 1.54) is 36.5 Å². The number of aromatic nitrogens is 3. The Kier molecular flexibility index (Phi) is 6.98. The number of para-hydroxylation sites is 2. The van der Waals surface area contributed by atoms with Gasteiger partial charge in [0, 0.05) is 16.9 Å². The Morgan fingerprint density at radius 1 is 0.658 bits per heavy atom. The van der Waals surface area contributed by atoms with Crippen LogP contribution in [0.3, 0.4) is 0 Å². The van der Waals surface area contributed by atoms with Crippen molar-refractivity contribution >= 4 is 35.4 Å². The molecule has 0 unspecified atom stereocenters. The van der Waals surface area contributed by atoms with Gasteiger partial charge in [0.2, 0.25) is 17.8 Å². The molecule has 8 nitrogen and oxygen atoms in total. The van der Waals surface area contributed by atoms with Crippen molar-refractivity contribution in [1.82, 2.24) is 15.0 Å². The Morgan fingerprint density at radius 2 is 1.21 bits per heavy atom. The SMILES string of the molecule is FC(F)(F)c1ccccc1-c1ccc(/C=N\Nc2nc(Nc3ccccc3)nc(Nc3ccccc3)n2)o1. The summed E-state index contributed by atoms with van der Waals surface area (Å²) in [7, 11) is 0. The van der Waals surface area contributed by atoms with Crippen LogP contribution >= 0.6 is 0 Å². The molecule has 0 aliphatic rings. The zero-order valence-electron chi connectivity index (χ0n) is 19.6. The monoisotopic (exact) mass is 515 g/mol. The van der Waals surface area contributed by atoms with E-state index in [1.807, 2.05) is 60.7 Å². The number of nitrogens with zero attached hydrogens (tertiary/aromatic N) is 4. The van der Waals surface area contributed by atoms with Crippen LogP contribution < -0.4 is 16.1 Å². The maximum Gasteiger partial charge on any atom is 0.417 e. The van der Waals surface area contributed by atoms with Gasteiger partial charge in [-0.3, -0.25) is 0 Å². The molecule has 2 aromatic heterocycles. The van der Waals surface area contributed by atoms with Crippen LogP contribution in [0, 0.1) is 0 Å². The second kappa shape index (κ2) is 10.8. The standard InChI is InChI=1S/C27H20F3N7O/c28-27(29,30)22-14-8-7-13-21(22)23-16-15-20(38-23)17-31-37-26-35-24(32-18-9-3-1-4-10-18)34-25(36-26)33-19-11-5-2-6-12-19/h1-17H,(H3,32,33,34,35,36,37)/b31-17-. The molecule has 5 rings (SSSR count). The number of halogens is 3. The lowest BCUT2D eigenvalue weighted by atomic mass is 10.1. The van der Waals surface area contributed by atoms with Crippen LogP contribution in [0.15, 0.2) is 107 Å². The largest absolute Gasteiger partial charge is 0.455 e. The van der Waals surface area contributed by atoms with E-state index in [1.54, 1.807) is 0 Å². The normalized spacial score (nSPS) is 11.4. The fraction of sp³-hybridized carbons (Fsp3) is 0.0370. The van der Waals surface area contributed by atoms with E-state index in [-0.39, 0.29) is 34.9 Å². The molecule has 0 radical (unpaired) electrons. The first-order valence-corrected chi connectivity index (χ1v) is 11.4. The lowest BCUT2D eigenvalue weighted by molar-refractivity contribution is -0.137. The van der Waals surface area contributed by atoms with Crippen molar-refractivity contribution in [1.29, 1.82) is 0 Å². The van der Waals surface area contributed by atoms with Crippen molar-refractivity contribution in [3.05, 3.63) is 108 Å². The van der Waals surface area contributed by atoms with Crippen LogP contribution in [0.2, 0.25) is 0 Å². The number of hydrazone groups is 1. The molecule has 0 spiro atoms. The van der Waals surface area contributed by atoms with Gasteiger partial charge >= 0.3 is 6.18 Å². The zero-order valence-corrected chi connectivity index (χ0v) is 19.6. The Labute approximate surface area is 215 Å². The Morgan fingerprint density at radius 3 is 1.82 bits per heavy atom. The van der Waals surface area contributed by atoms with Crippen molar-refractivity contribution in [2.45, 2.75) is 6.18 Å². The molecule has 2 heterocycles. The third-order valence-corrected chi connectivity index (χ3v) is 5.18. The predicted octanol–water partition coefficient (Wildman–Crippen LogP) is 7.08. The maximum atomic E-state index is 13.4. The highest BCUT2D eigenvalue weighted by atomic mass is 19.4. The zero-order chi connectivity index (χ0) is 26.4. The number of nitrogens with one attached hydrogen (secondary N) is 3. The predicted molar refractivity (Wildman–Crippen MR) is 140 cm³/mol. The molecule has 5 aromatic rings. The van der Waals surface area contributed by atoms with Crippen molar-refractivity contribution in [2.75, 3.05) is 16.1 Å². The van der Waals surface area contributed by atoms with E-state index in [0.29, 0.717) is 0 Å². The molecular formula is C27H20F3N7O. The fourth-order valence-corrected chi connectivity index (χ4v) is 3.50. The summed E-state index contributed by atoms with van der Waals surface area (Å²) >= 11 is 0. The minimum absolute atomic E-state index is 0.0571. The molecule has 0 atom stereocenters. The molecule has 3 aromatic carbocycles. The number of alkyl halides is 3. The number of hydrogen-bond donors (Lipinski definition) is 3. The quantitative estimate of drug-likeness (QED) is 0.150. The average molecular weight is 515 g/mol. The summed E-state index contributed by atoms with van der Waals surface area (Å²) in [5.41, 5.74) is 3.44. The smallest absolute Gasteiger partial charge is 0.417 e. The summed E-state index contributed by atoms with van der Waals surface area (Å²) in [5.74, 6) is 0.979. The summed E-state index contributed by atoms with van der Waals surface area (Å²) in [6.45, 7) is 0.